The molecule has 1 aromatic rings. The first-order valence-corrected chi connectivity index (χ1v) is 6.58. The van der Waals surface area contributed by atoms with Crippen molar-refractivity contribution in [3.05, 3.63) is 17.2 Å². The van der Waals surface area contributed by atoms with Crippen molar-refractivity contribution in [1.29, 1.82) is 0 Å². The Balaban J connectivity index is 2.01. The van der Waals surface area contributed by atoms with Gasteiger partial charge >= 0.3 is 0 Å². The maximum Gasteiger partial charge on any atom is 0.224 e. The molecule has 1 aliphatic rings. The molecule has 2 N–H and O–H groups in total. The number of fused-ring (bicyclic) bond motifs is 1. The van der Waals surface area contributed by atoms with E-state index in [0.29, 0.717) is 54.7 Å². The summed E-state index contributed by atoms with van der Waals surface area (Å²) in [6.07, 6.45) is 1.61. The monoisotopic (exact) mass is 285 g/mol. The molecule has 104 valence electrons. The van der Waals surface area contributed by atoms with Crippen LogP contribution in [0.25, 0.3) is 0 Å². The first-order chi connectivity index (χ1) is 9.20. The third-order valence-electron chi connectivity index (χ3n) is 2.72. The Morgan fingerprint density at radius 3 is 2.63 bits per heavy atom. The van der Waals surface area contributed by atoms with E-state index in [1.807, 2.05) is 0 Å². The van der Waals surface area contributed by atoms with E-state index in [1.165, 1.54) is 0 Å². The molecular weight excluding hydrogens is 270 g/mol. The van der Waals surface area contributed by atoms with Crippen molar-refractivity contribution in [2.24, 2.45) is 0 Å². The largest absolute Gasteiger partial charge is 0.486 e. The first-order valence-electron chi connectivity index (χ1n) is 6.20. The van der Waals surface area contributed by atoms with E-state index >= 15 is 0 Å². The highest BCUT2D eigenvalue weighted by Crippen LogP contribution is 2.37. The van der Waals surface area contributed by atoms with E-state index in [1.54, 1.807) is 12.1 Å². The topological polar surface area (TPSA) is 67.8 Å². The second-order valence-electron chi connectivity index (χ2n) is 4.20. The van der Waals surface area contributed by atoms with Crippen molar-refractivity contribution in [3.63, 3.8) is 0 Å². The molecular formula is C13H16ClNO4. The number of carbonyl (C=O) groups is 1. The van der Waals surface area contributed by atoms with Gasteiger partial charge in [-0.3, -0.25) is 4.79 Å². The molecule has 19 heavy (non-hydrogen) atoms. The zero-order chi connectivity index (χ0) is 13.7. The van der Waals surface area contributed by atoms with Gasteiger partial charge in [0.15, 0.2) is 11.5 Å². The molecule has 0 radical (unpaired) electrons. The number of aliphatic hydroxyl groups excluding tert-OH is 1. The third kappa shape index (κ3) is 3.75. The van der Waals surface area contributed by atoms with Gasteiger partial charge in [0.2, 0.25) is 5.91 Å². The summed E-state index contributed by atoms with van der Waals surface area (Å²) in [4.78, 5) is 11.7. The van der Waals surface area contributed by atoms with Crippen LogP contribution in [0.5, 0.6) is 11.5 Å². The minimum Gasteiger partial charge on any atom is -0.486 e. The normalized spacial score (nSPS) is 13.2. The molecule has 2 rings (SSSR count). The average molecular weight is 286 g/mol. The Labute approximate surface area is 116 Å². The third-order valence-corrected chi connectivity index (χ3v) is 3.03. The van der Waals surface area contributed by atoms with Crippen LogP contribution in [0, 0.1) is 0 Å². The molecule has 0 fully saturated rings. The molecule has 0 saturated carbocycles. The van der Waals surface area contributed by atoms with Crippen LogP contribution >= 0.6 is 11.6 Å². The predicted molar refractivity (Wildman–Crippen MR) is 72.0 cm³/mol. The van der Waals surface area contributed by atoms with Gasteiger partial charge in [-0.1, -0.05) is 11.6 Å². The van der Waals surface area contributed by atoms with Gasteiger partial charge in [-0.25, -0.2) is 0 Å². The quantitative estimate of drug-likeness (QED) is 0.814. The summed E-state index contributed by atoms with van der Waals surface area (Å²) in [7, 11) is 0. The van der Waals surface area contributed by atoms with Gasteiger partial charge in [-0.05, 0) is 12.8 Å². The van der Waals surface area contributed by atoms with Crippen LogP contribution in [-0.4, -0.2) is 30.8 Å². The summed E-state index contributed by atoms with van der Waals surface area (Å²) < 4.78 is 10.8. The van der Waals surface area contributed by atoms with Crippen molar-refractivity contribution >= 4 is 23.2 Å². The van der Waals surface area contributed by atoms with Crippen molar-refractivity contribution in [1.82, 2.24) is 0 Å². The van der Waals surface area contributed by atoms with Crippen LogP contribution in [0.15, 0.2) is 12.1 Å². The number of ether oxygens (including phenoxy) is 2. The van der Waals surface area contributed by atoms with Crippen LogP contribution in [0.2, 0.25) is 5.02 Å². The van der Waals surface area contributed by atoms with Gasteiger partial charge in [0.1, 0.15) is 13.2 Å². The first kappa shape index (κ1) is 14.0. The predicted octanol–water partition coefficient (Wildman–Crippen LogP) is 2.21. The molecule has 0 spiro atoms. The Kier molecular flexibility index (Phi) is 4.87. The zero-order valence-electron chi connectivity index (χ0n) is 10.4. The fraction of sp³-hybridized carbons (Fsp3) is 0.462. The molecule has 0 aromatic heterocycles. The fourth-order valence-electron chi connectivity index (χ4n) is 1.77. The number of hydrogen-bond acceptors (Lipinski definition) is 4. The number of halogens is 1. The molecule has 0 bridgehead atoms. The highest BCUT2D eigenvalue weighted by atomic mass is 35.5. The SMILES string of the molecule is O=C(CCCCO)Nc1cc2c(cc1Cl)OCCO2. The summed E-state index contributed by atoms with van der Waals surface area (Å²) in [5.41, 5.74) is 0.514. The minimum absolute atomic E-state index is 0.0953. The lowest BCUT2D eigenvalue weighted by molar-refractivity contribution is -0.116. The van der Waals surface area contributed by atoms with Gasteiger partial charge in [-0.15, -0.1) is 0 Å². The van der Waals surface area contributed by atoms with Crippen molar-refractivity contribution in [2.45, 2.75) is 19.3 Å². The second kappa shape index (κ2) is 6.63. The number of rotatable bonds is 5. The molecule has 0 unspecified atom stereocenters. The van der Waals surface area contributed by atoms with E-state index in [-0.39, 0.29) is 12.5 Å². The number of hydrogen-bond donors (Lipinski definition) is 2. The van der Waals surface area contributed by atoms with Crippen molar-refractivity contribution in [3.8, 4) is 11.5 Å². The highest BCUT2D eigenvalue weighted by molar-refractivity contribution is 6.34. The summed E-state index contributed by atoms with van der Waals surface area (Å²) in [6, 6.07) is 3.31. The zero-order valence-corrected chi connectivity index (χ0v) is 11.2. The summed E-state index contributed by atoms with van der Waals surface area (Å²) in [5, 5.41) is 11.8. The lowest BCUT2D eigenvalue weighted by Crippen LogP contribution is -2.16. The van der Waals surface area contributed by atoms with Gasteiger partial charge in [-0.2, -0.15) is 0 Å². The standard InChI is InChI=1S/C13H16ClNO4/c14-9-7-11-12(19-6-5-18-11)8-10(9)15-13(17)3-1-2-4-16/h7-8,16H,1-6H2,(H,15,17). The summed E-state index contributed by atoms with van der Waals surface area (Å²) in [5.74, 6) is 1.04. The Morgan fingerprint density at radius 2 is 1.95 bits per heavy atom. The maximum absolute atomic E-state index is 11.7. The average Bonchev–Trinajstić information content (AvgIpc) is 2.40. The Bertz CT molecular complexity index is 464. The lowest BCUT2D eigenvalue weighted by atomic mass is 10.2. The van der Waals surface area contributed by atoms with Crippen molar-refractivity contribution < 1.29 is 19.4 Å². The van der Waals surface area contributed by atoms with Gasteiger partial charge < -0.3 is 19.9 Å². The van der Waals surface area contributed by atoms with Crippen molar-refractivity contribution in [2.75, 3.05) is 25.1 Å². The van der Waals surface area contributed by atoms with Gasteiger partial charge in [0.05, 0.1) is 10.7 Å². The van der Waals surface area contributed by atoms with E-state index in [2.05, 4.69) is 5.32 Å². The number of carbonyl (C=O) groups excluding carboxylic acids is 1. The van der Waals surface area contributed by atoms with Gasteiger partial charge in [0, 0.05) is 25.2 Å². The van der Waals surface area contributed by atoms with E-state index in [4.69, 9.17) is 26.2 Å². The number of amides is 1. The molecule has 6 heteroatoms. The number of aliphatic hydroxyl groups is 1. The van der Waals surface area contributed by atoms with Crippen LogP contribution in [0.1, 0.15) is 19.3 Å². The van der Waals surface area contributed by atoms with E-state index < -0.39 is 0 Å². The summed E-state index contributed by atoms with van der Waals surface area (Å²) >= 11 is 6.08. The number of anilines is 1. The van der Waals surface area contributed by atoms with E-state index in [0.717, 1.165) is 0 Å². The molecule has 0 aliphatic carbocycles. The molecule has 0 atom stereocenters. The maximum atomic E-state index is 11.7. The van der Waals surface area contributed by atoms with Crippen LogP contribution in [-0.2, 0) is 4.79 Å². The lowest BCUT2D eigenvalue weighted by Gasteiger charge is -2.20. The Morgan fingerprint density at radius 1 is 1.26 bits per heavy atom. The molecule has 1 heterocycles. The molecule has 0 saturated heterocycles. The van der Waals surface area contributed by atoms with Crippen LogP contribution in [0.4, 0.5) is 5.69 Å². The molecule has 5 nitrogen and oxygen atoms in total. The number of nitrogens with one attached hydrogen (secondary N) is 1. The second-order valence-corrected chi connectivity index (χ2v) is 4.61. The molecule has 1 aromatic carbocycles. The van der Waals surface area contributed by atoms with Crippen LogP contribution < -0.4 is 14.8 Å². The molecule has 1 aliphatic heterocycles. The Hall–Kier alpha value is -1.46. The smallest absolute Gasteiger partial charge is 0.224 e. The highest BCUT2D eigenvalue weighted by Gasteiger charge is 2.16. The molecule has 1 amide bonds. The number of unbranched alkanes of at least 4 members (excludes halogenated alkanes) is 1. The van der Waals surface area contributed by atoms with Gasteiger partial charge in [0.25, 0.3) is 0 Å². The van der Waals surface area contributed by atoms with E-state index in [9.17, 15) is 4.79 Å². The minimum atomic E-state index is -0.132. The number of benzene rings is 1. The van der Waals surface area contributed by atoms with Crippen LogP contribution in [0.3, 0.4) is 0 Å². The summed E-state index contributed by atoms with van der Waals surface area (Å²) in [6.45, 7) is 1.08. The fourth-order valence-corrected chi connectivity index (χ4v) is 1.97.